The molecule has 1 N–H and O–H groups in total. The second kappa shape index (κ2) is 6.57. The van der Waals surface area contributed by atoms with Gasteiger partial charge in [0.25, 0.3) is 0 Å². The van der Waals surface area contributed by atoms with Crippen molar-refractivity contribution >= 4 is 5.97 Å². The van der Waals surface area contributed by atoms with Crippen molar-refractivity contribution in [3.63, 3.8) is 0 Å². The van der Waals surface area contributed by atoms with E-state index in [0.717, 1.165) is 24.2 Å². The zero-order chi connectivity index (χ0) is 13.7. The summed E-state index contributed by atoms with van der Waals surface area (Å²) in [7, 11) is 0. The first-order valence-corrected chi connectivity index (χ1v) is 6.90. The molecular weight excluding hydrogens is 242 g/mol. The lowest BCUT2D eigenvalue weighted by Crippen LogP contribution is -2.40. The van der Waals surface area contributed by atoms with Gasteiger partial charge in [0.15, 0.2) is 0 Å². The topological polar surface area (TPSA) is 47.6 Å². The molecule has 0 spiro atoms. The minimum absolute atomic E-state index is 0.0668. The maximum atomic E-state index is 11.9. The van der Waals surface area contributed by atoms with Gasteiger partial charge in [0.2, 0.25) is 0 Å². The minimum Gasteiger partial charge on any atom is -0.491 e. The second-order valence-electron chi connectivity index (χ2n) is 4.66. The van der Waals surface area contributed by atoms with Crippen LogP contribution in [0.1, 0.15) is 38.3 Å². The maximum Gasteiger partial charge on any atom is 0.323 e. The molecule has 4 nitrogen and oxygen atoms in total. The number of para-hydroxylation sites is 1. The summed E-state index contributed by atoms with van der Waals surface area (Å²) in [5, 5.41) is 3.36. The highest BCUT2D eigenvalue weighted by Crippen LogP contribution is 2.32. The molecule has 1 aliphatic heterocycles. The highest BCUT2D eigenvalue weighted by molar-refractivity contribution is 5.75. The van der Waals surface area contributed by atoms with Crippen molar-refractivity contribution < 1.29 is 14.3 Å². The Hall–Kier alpha value is -1.55. The highest BCUT2D eigenvalue weighted by Gasteiger charge is 2.28. The molecule has 104 valence electrons. The molecule has 0 bridgehead atoms. The van der Waals surface area contributed by atoms with E-state index in [2.05, 4.69) is 12.2 Å². The molecule has 0 aromatic heterocycles. The molecule has 2 rings (SSSR count). The monoisotopic (exact) mass is 263 g/mol. The molecule has 2 unspecified atom stereocenters. The van der Waals surface area contributed by atoms with Crippen molar-refractivity contribution in [2.45, 2.75) is 38.8 Å². The molecule has 0 radical (unpaired) electrons. The standard InChI is InChI=1S/C15H21NO3/c1-3-7-12(15(17)18-4-2)16-13-10-19-14-9-6-5-8-11(13)14/h5-6,8-9,12-13,16H,3-4,7,10H2,1-2H3. The van der Waals surface area contributed by atoms with Crippen LogP contribution in [0.5, 0.6) is 5.75 Å². The van der Waals surface area contributed by atoms with Crippen molar-refractivity contribution in [1.29, 1.82) is 0 Å². The summed E-state index contributed by atoms with van der Waals surface area (Å²) in [6.45, 7) is 4.87. The number of hydrogen-bond donors (Lipinski definition) is 1. The second-order valence-corrected chi connectivity index (χ2v) is 4.66. The largest absolute Gasteiger partial charge is 0.491 e. The van der Waals surface area contributed by atoms with E-state index < -0.39 is 0 Å². The summed E-state index contributed by atoms with van der Waals surface area (Å²) in [5.41, 5.74) is 1.12. The van der Waals surface area contributed by atoms with Crippen molar-refractivity contribution in [3.8, 4) is 5.75 Å². The van der Waals surface area contributed by atoms with Gasteiger partial charge in [-0.05, 0) is 19.4 Å². The van der Waals surface area contributed by atoms with E-state index in [1.807, 2.05) is 31.2 Å². The fraction of sp³-hybridized carbons (Fsp3) is 0.533. The van der Waals surface area contributed by atoms with Gasteiger partial charge in [-0.2, -0.15) is 0 Å². The Morgan fingerprint density at radius 1 is 1.47 bits per heavy atom. The van der Waals surface area contributed by atoms with Gasteiger partial charge < -0.3 is 9.47 Å². The molecule has 1 aliphatic rings. The Balaban J connectivity index is 2.04. The van der Waals surface area contributed by atoms with Gasteiger partial charge in [-0.15, -0.1) is 0 Å². The van der Waals surface area contributed by atoms with Crippen LogP contribution in [0.4, 0.5) is 0 Å². The van der Waals surface area contributed by atoms with Gasteiger partial charge in [0, 0.05) is 5.56 Å². The van der Waals surface area contributed by atoms with Crippen molar-refractivity contribution in [3.05, 3.63) is 29.8 Å². The summed E-state index contributed by atoms with van der Waals surface area (Å²) in [4.78, 5) is 11.9. The normalized spacial score (nSPS) is 18.5. The first-order valence-electron chi connectivity index (χ1n) is 6.90. The number of carbonyl (C=O) groups is 1. The third-order valence-corrected chi connectivity index (χ3v) is 3.25. The van der Waals surface area contributed by atoms with Crippen LogP contribution in [0.15, 0.2) is 24.3 Å². The molecular formula is C15H21NO3. The number of rotatable bonds is 6. The van der Waals surface area contributed by atoms with Crippen LogP contribution in [0.25, 0.3) is 0 Å². The average Bonchev–Trinajstić information content (AvgIpc) is 2.82. The summed E-state index contributed by atoms with van der Waals surface area (Å²) in [5.74, 6) is 0.729. The fourth-order valence-corrected chi connectivity index (χ4v) is 2.34. The van der Waals surface area contributed by atoms with Crippen LogP contribution in [0.3, 0.4) is 0 Å². The zero-order valence-corrected chi connectivity index (χ0v) is 11.5. The maximum absolute atomic E-state index is 11.9. The number of benzene rings is 1. The van der Waals surface area contributed by atoms with Crippen LogP contribution in [-0.2, 0) is 9.53 Å². The summed E-state index contributed by atoms with van der Waals surface area (Å²) in [6, 6.07) is 7.74. The number of fused-ring (bicyclic) bond motifs is 1. The lowest BCUT2D eigenvalue weighted by molar-refractivity contribution is -0.146. The molecule has 19 heavy (non-hydrogen) atoms. The molecule has 2 atom stereocenters. The van der Waals surface area contributed by atoms with E-state index >= 15 is 0 Å². The first-order chi connectivity index (χ1) is 9.26. The molecule has 0 amide bonds. The van der Waals surface area contributed by atoms with E-state index in [-0.39, 0.29) is 18.1 Å². The van der Waals surface area contributed by atoms with Crippen LogP contribution in [0.2, 0.25) is 0 Å². The van der Waals surface area contributed by atoms with Gasteiger partial charge in [-0.25, -0.2) is 0 Å². The zero-order valence-electron chi connectivity index (χ0n) is 11.5. The van der Waals surface area contributed by atoms with Gasteiger partial charge in [0.1, 0.15) is 18.4 Å². The molecule has 4 heteroatoms. The van der Waals surface area contributed by atoms with E-state index in [4.69, 9.17) is 9.47 Å². The Bertz CT molecular complexity index is 433. The Morgan fingerprint density at radius 2 is 2.26 bits per heavy atom. The summed E-state index contributed by atoms with van der Waals surface area (Å²) >= 11 is 0. The third kappa shape index (κ3) is 3.26. The quantitative estimate of drug-likeness (QED) is 0.801. The van der Waals surface area contributed by atoms with E-state index in [1.54, 1.807) is 0 Å². The van der Waals surface area contributed by atoms with E-state index in [9.17, 15) is 4.79 Å². The van der Waals surface area contributed by atoms with E-state index in [1.165, 1.54) is 0 Å². The van der Waals surface area contributed by atoms with E-state index in [0.29, 0.717) is 13.2 Å². The highest BCUT2D eigenvalue weighted by atomic mass is 16.5. The average molecular weight is 263 g/mol. The van der Waals surface area contributed by atoms with Gasteiger partial charge in [-0.3, -0.25) is 10.1 Å². The number of ether oxygens (including phenoxy) is 2. The van der Waals surface area contributed by atoms with Crippen molar-refractivity contribution in [2.24, 2.45) is 0 Å². The number of esters is 1. The smallest absolute Gasteiger partial charge is 0.323 e. The number of hydrogen-bond acceptors (Lipinski definition) is 4. The SMILES string of the molecule is CCCC(NC1COc2ccccc21)C(=O)OCC. The first kappa shape index (κ1) is 13.9. The number of carbonyl (C=O) groups excluding carboxylic acids is 1. The molecule has 0 saturated heterocycles. The molecule has 0 aliphatic carbocycles. The Labute approximate surface area is 114 Å². The summed E-state index contributed by atoms with van der Waals surface area (Å²) in [6.07, 6.45) is 1.71. The summed E-state index contributed by atoms with van der Waals surface area (Å²) < 4.78 is 10.7. The van der Waals surface area contributed by atoms with Crippen LogP contribution in [-0.4, -0.2) is 25.2 Å². The van der Waals surface area contributed by atoms with Crippen LogP contribution >= 0.6 is 0 Å². The van der Waals surface area contributed by atoms with Crippen LogP contribution in [0, 0.1) is 0 Å². The van der Waals surface area contributed by atoms with Crippen molar-refractivity contribution in [2.75, 3.05) is 13.2 Å². The molecule has 1 aromatic rings. The molecule has 0 saturated carbocycles. The Morgan fingerprint density at radius 3 is 3.00 bits per heavy atom. The molecule has 1 aromatic carbocycles. The minimum atomic E-state index is -0.260. The fourth-order valence-electron chi connectivity index (χ4n) is 2.34. The molecule has 0 fully saturated rings. The third-order valence-electron chi connectivity index (χ3n) is 3.25. The molecule has 1 heterocycles. The number of nitrogens with one attached hydrogen (secondary N) is 1. The van der Waals surface area contributed by atoms with Crippen LogP contribution < -0.4 is 10.1 Å². The lowest BCUT2D eigenvalue weighted by Gasteiger charge is -2.20. The van der Waals surface area contributed by atoms with Crippen molar-refractivity contribution in [1.82, 2.24) is 5.32 Å². The lowest BCUT2D eigenvalue weighted by atomic mass is 10.1. The van der Waals surface area contributed by atoms with Gasteiger partial charge in [-0.1, -0.05) is 31.5 Å². The van der Waals surface area contributed by atoms with Gasteiger partial charge in [0.05, 0.1) is 12.6 Å². The predicted molar refractivity (Wildman–Crippen MR) is 73.1 cm³/mol. The Kier molecular flexibility index (Phi) is 4.80. The predicted octanol–water partition coefficient (Wildman–Crippen LogP) is 2.44. The van der Waals surface area contributed by atoms with Gasteiger partial charge >= 0.3 is 5.97 Å².